The van der Waals surface area contributed by atoms with Crippen molar-refractivity contribution >= 4 is 46.6 Å². The Morgan fingerprint density at radius 3 is 2.83 bits per heavy atom. The third kappa shape index (κ3) is 4.22. The summed E-state index contributed by atoms with van der Waals surface area (Å²) >= 11 is 11.1. The van der Waals surface area contributed by atoms with Gasteiger partial charge in [0.05, 0.1) is 10.7 Å². The number of carbonyl (C=O) groups is 1. The lowest BCUT2D eigenvalue weighted by Crippen LogP contribution is -2.30. The first-order valence-corrected chi connectivity index (χ1v) is 9.80. The molecule has 0 unspecified atom stereocenters. The summed E-state index contributed by atoms with van der Waals surface area (Å²) in [5, 5.41) is 3.22. The molecule has 5 nitrogen and oxygen atoms in total. The molecule has 1 saturated heterocycles. The van der Waals surface area contributed by atoms with E-state index in [1.165, 1.54) is 23.1 Å². The lowest BCUT2D eigenvalue weighted by atomic mass is 10.2. The van der Waals surface area contributed by atoms with Gasteiger partial charge in [0.25, 0.3) is 5.91 Å². The molecule has 0 atom stereocenters. The second-order valence-corrected chi connectivity index (χ2v) is 7.43. The molecule has 1 aliphatic rings. The molecule has 0 spiro atoms. The van der Waals surface area contributed by atoms with Crippen LogP contribution in [0.25, 0.3) is 6.08 Å². The van der Waals surface area contributed by atoms with Gasteiger partial charge in [-0.25, -0.2) is 4.39 Å². The van der Waals surface area contributed by atoms with Crippen molar-refractivity contribution in [2.75, 3.05) is 4.90 Å². The fourth-order valence-electron chi connectivity index (χ4n) is 2.95. The number of nitrogens with one attached hydrogen (secondary N) is 1. The van der Waals surface area contributed by atoms with Crippen LogP contribution in [0.1, 0.15) is 17.1 Å². The molecule has 0 radical (unpaired) electrons. The molecule has 2 aromatic carbocycles. The molecule has 8 heteroatoms. The zero-order valence-corrected chi connectivity index (χ0v) is 17.4. The molecule has 0 saturated carbocycles. The standard InChI is InChI=1S/C22H16ClFN2O3S/c1-13-3-2-4-14(9-13)26-21(27)20(25-22(26)30)11-16-5-6-17(29-16)12-28-15-7-8-19(24)18(23)10-15/h2-11H,12H2,1H3,(H,25,30)/b20-11+. The predicted molar refractivity (Wildman–Crippen MR) is 117 cm³/mol. The molecule has 152 valence electrons. The topological polar surface area (TPSA) is 54.7 Å². The zero-order chi connectivity index (χ0) is 21.3. The van der Waals surface area contributed by atoms with Crippen molar-refractivity contribution < 1.29 is 18.3 Å². The minimum absolute atomic E-state index is 0.0164. The molecule has 2 heterocycles. The van der Waals surface area contributed by atoms with Gasteiger partial charge in [0.2, 0.25) is 0 Å². The molecule has 1 aromatic heterocycles. The number of amides is 1. The highest BCUT2D eigenvalue weighted by atomic mass is 35.5. The minimum atomic E-state index is -0.512. The SMILES string of the molecule is Cc1cccc(N2C(=O)/C(=C\c3ccc(COc4ccc(F)c(Cl)c4)o3)NC2=S)c1. The van der Waals surface area contributed by atoms with Crippen LogP contribution in [0.3, 0.4) is 0 Å². The Morgan fingerprint density at radius 1 is 1.23 bits per heavy atom. The summed E-state index contributed by atoms with van der Waals surface area (Å²) in [7, 11) is 0. The largest absolute Gasteiger partial charge is 0.486 e. The predicted octanol–water partition coefficient (Wildman–Crippen LogP) is 5.22. The lowest BCUT2D eigenvalue weighted by Gasteiger charge is -2.14. The van der Waals surface area contributed by atoms with Gasteiger partial charge in [-0.3, -0.25) is 9.69 Å². The smallest absolute Gasteiger partial charge is 0.281 e. The van der Waals surface area contributed by atoms with Crippen LogP contribution in [-0.4, -0.2) is 11.0 Å². The molecule has 1 aliphatic heterocycles. The van der Waals surface area contributed by atoms with Gasteiger partial charge in [-0.1, -0.05) is 23.7 Å². The Labute approximate surface area is 182 Å². The van der Waals surface area contributed by atoms with E-state index in [9.17, 15) is 9.18 Å². The summed E-state index contributed by atoms with van der Waals surface area (Å²) in [6, 6.07) is 15.1. The molecule has 3 aromatic rings. The van der Waals surface area contributed by atoms with Gasteiger partial charge < -0.3 is 14.5 Å². The molecule has 30 heavy (non-hydrogen) atoms. The van der Waals surface area contributed by atoms with E-state index >= 15 is 0 Å². The van der Waals surface area contributed by atoms with E-state index in [0.29, 0.717) is 33.8 Å². The molecule has 1 amide bonds. The minimum Gasteiger partial charge on any atom is -0.486 e. The number of hydrogen-bond acceptors (Lipinski definition) is 4. The summed E-state index contributed by atoms with van der Waals surface area (Å²) in [4.78, 5) is 14.3. The van der Waals surface area contributed by atoms with Crippen molar-refractivity contribution in [3.63, 3.8) is 0 Å². The Morgan fingerprint density at radius 2 is 2.07 bits per heavy atom. The summed E-state index contributed by atoms with van der Waals surface area (Å²) in [6.07, 6.45) is 1.59. The first-order chi connectivity index (χ1) is 14.4. The number of benzene rings is 2. The molecule has 4 rings (SSSR count). The number of nitrogens with zero attached hydrogens (tertiary/aromatic N) is 1. The number of halogens is 2. The quantitative estimate of drug-likeness (QED) is 0.433. The zero-order valence-electron chi connectivity index (χ0n) is 15.8. The fourth-order valence-corrected chi connectivity index (χ4v) is 3.42. The van der Waals surface area contributed by atoms with Crippen LogP contribution in [-0.2, 0) is 11.4 Å². The van der Waals surface area contributed by atoms with Crippen LogP contribution in [0, 0.1) is 12.7 Å². The molecule has 1 fully saturated rings. The Balaban J connectivity index is 1.46. The van der Waals surface area contributed by atoms with Crippen molar-refractivity contribution in [2.24, 2.45) is 0 Å². The molecule has 1 N–H and O–H groups in total. The number of anilines is 1. The fraction of sp³-hybridized carbons (Fsp3) is 0.0909. The number of furan rings is 1. The van der Waals surface area contributed by atoms with E-state index in [0.717, 1.165) is 5.56 Å². The average Bonchev–Trinajstić information content (AvgIpc) is 3.27. The van der Waals surface area contributed by atoms with Crippen LogP contribution in [0.15, 0.2) is 64.7 Å². The van der Waals surface area contributed by atoms with Crippen molar-refractivity contribution in [3.8, 4) is 5.75 Å². The van der Waals surface area contributed by atoms with Crippen molar-refractivity contribution in [1.82, 2.24) is 5.32 Å². The number of carbonyl (C=O) groups excluding carboxylic acids is 1. The lowest BCUT2D eigenvalue weighted by molar-refractivity contribution is -0.113. The van der Waals surface area contributed by atoms with E-state index in [-0.39, 0.29) is 17.5 Å². The molecular weight excluding hydrogens is 427 g/mol. The van der Waals surface area contributed by atoms with Crippen LogP contribution < -0.4 is 15.0 Å². The van der Waals surface area contributed by atoms with Crippen molar-refractivity contribution in [3.05, 3.63) is 88.2 Å². The van der Waals surface area contributed by atoms with E-state index in [1.54, 1.807) is 18.2 Å². The normalized spacial score (nSPS) is 15.0. The Kier molecular flexibility index (Phi) is 5.57. The summed E-state index contributed by atoms with van der Waals surface area (Å²) in [5.41, 5.74) is 2.04. The Hall–Kier alpha value is -3.16. The first kappa shape index (κ1) is 20.1. The molecule has 0 bridgehead atoms. The van der Waals surface area contributed by atoms with Gasteiger partial charge in [0.1, 0.15) is 35.4 Å². The number of thiocarbonyl (C=S) groups is 1. The average molecular weight is 443 g/mol. The number of aryl methyl sites for hydroxylation is 1. The van der Waals surface area contributed by atoms with Crippen LogP contribution in [0.5, 0.6) is 5.75 Å². The van der Waals surface area contributed by atoms with Gasteiger partial charge in [-0.2, -0.15) is 0 Å². The van der Waals surface area contributed by atoms with Crippen LogP contribution in [0.4, 0.5) is 10.1 Å². The maximum absolute atomic E-state index is 13.2. The summed E-state index contributed by atoms with van der Waals surface area (Å²) in [5.74, 6) is 0.647. The van der Waals surface area contributed by atoms with Gasteiger partial charge in [-0.15, -0.1) is 0 Å². The third-order valence-electron chi connectivity index (χ3n) is 4.38. The molecule has 0 aliphatic carbocycles. The van der Waals surface area contributed by atoms with Crippen molar-refractivity contribution in [2.45, 2.75) is 13.5 Å². The van der Waals surface area contributed by atoms with Gasteiger partial charge in [0, 0.05) is 12.1 Å². The maximum Gasteiger partial charge on any atom is 0.281 e. The Bertz CT molecular complexity index is 1170. The maximum atomic E-state index is 13.2. The monoisotopic (exact) mass is 442 g/mol. The summed E-state index contributed by atoms with van der Waals surface area (Å²) in [6.45, 7) is 2.07. The molecular formula is C22H16ClFN2O3S. The number of ether oxygens (including phenoxy) is 1. The van der Waals surface area contributed by atoms with Gasteiger partial charge in [-0.05, 0) is 61.1 Å². The second kappa shape index (κ2) is 8.30. The number of hydrogen-bond donors (Lipinski definition) is 1. The second-order valence-electron chi connectivity index (χ2n) is 6.64. The van der Waals surface area contributed by atoms with Crippen LogP contribution >= 0.6 is 23.8 Å². The van der Waals surface area contributed by atoms with Crippen LogP contribution in [0.2, 0.25) is 5.02 Å². The van der Waals surface area contributed by atoms with Crippen molar-refractivity contribution in [1.29, 1.82) is 0 Å². The first-order valence-electron chi connectivity index (χ1n) is 9.01. The third-order valence-corrected chi connectivity index (χ3v) is 4.95. The van der Waals surface area contributed by atoms with Gasteiger partial charge >= 0.3 is 0 Å². The highest BCUT2D eigenvalue weighted by Crippen LogP contribution is 2.25. The highest BCUT2D eigenvalue weighted by Gasteiger charge is 2.32. The van der Waals surface area contributed by atoms with E-state index in [4.69, 9.17) is 33.0 Å². The summed E-state index contributed by atoms with van der Waals surface area (Å²) < 4.78 is 24.5. The van der Waals surface area contributed by atoms with E-state index in [2.05, 4.69) is 5.32 Å². The van der Waals surface area contributed by atoms with E-state index < -0.39 is 5.82 Å². The van der Waals surface area contributed by atoms with E-state index in [1.807, 2.05) is 31.2 Å². The number of rotatable bonds is 5. The highest BCUT2D eigenvalue weighted by molar-refractivity contribution is 7.80. The van der Waals surface area contributed by atoms with Gasteiger partial charge in [0.15, 0.2) is 5.11 Å².